The zero-order valence-electron chi connectivity index (χ0n) is 11.8. The number of hydrogen-bond acceptors (Lipinski definition) is 4. The fourth-order valence-electron chi connectivity index (χ4n) is 3.30. The molecular formula is C15H24N4. The van der Waals surface area contributed by atoms with E-state index in [1.54, 1.807) is 0 Å². The Balaban J connectivity index is 1.60. The molecule has 1 N–H and O–H groups in total. The molecule has 2 saturated heterocycles. The second kappa shape index (κ2) is 5.88. The minimum Gasteiger partial charge on any atom is -0.373 e. The predicted molar refractivity (Wildman–Crippen MR) is 78.3 cm³/mol. The van der Waals surface area contributed by atoms with Crippen LogP contribution in [-0.4, -0.2) is 54.1 Å². The van der Waals surface area contributed by atoms with Crippen molar-refractivity contribution in [2.75, 3.05) is 38.5 Å². The summed E-state index contributed by atoms with van der Waals surface area (Å²) in [7, 11) is 1.92. The molecule has 0 amide bonds. The van der Waals surface area contributed by atoms with Gasteiger partial charge in [-0.2, -0.15) is 0 Å². The van der Waals surface area contributed by atoms with Gasteiger partial charge in [0.2, 0.25) is 0 Å². The van der Waals surface area contributed by atoms with E-state index in [4.69, 9.17) is 0 Å². The Hall–Kier alpha value is -1.13. The molecule has 1 atom stereocenters. The third-order valence-electron chi connectivity index (χ3n) is 4.37. The van der Waals surface area contributed by atoms with E-state index in [9.17, 15) is 0 Å². The van der Waals surface area contributed by atoms with Gasteiger partial charge in [-0.05, 0) is 31.5 Å². The lowest BCUT2D eigenvalue weighted by atomic mass is 9.99. The van der Waals surface area contributed by atoms with E-state index in [2.05, 4.69) is 32.2 Å². The van der Waals surface area contributed by atoms with Crippen LogP contribution >= 0.6 is 0 Å². The minimum atomic E-state index is 0.787. The highest BCUT2D eigenvalue weighted by molar-refractivity contribution is 5.34. The average Bonchev–Trinajstić information content (AvgIpc) is 2.47. The van der Waals surface area contributed by atoms with Gasteiger partial charge in [-0.3, -0.25) is 9.80 Å². The molecule has 2 aliphatic rings. The summed E-state index contributed by atoms with van der Waals surface area (Å²) in [4.78, 5) is 9.86. The second-order valence-corrected chi connectivity index (χ2v) is 5.68. The first kappa shape index (κ1) is 12.9. The van der Waals surface area contributed by atoms with Crippen molar-refractivity contribution in [3.8, 4) is 0 Å². The predicted octanol–water partition coefficient (Wildman–Crippen LogP) is 1.79. The highest BCUT2D eigenvalue weighted by atomic mass is 15.3. The van der Waals surface area contributed by atoms with E-state index < -0.39 is 0 Å². The number of aromatic nitrogens is 1. The number of pyridine rings is 1. The summed E-state index contributed by atoms with van der Waals surface area (Å²) in [5.74, 6) is 0.966. The molecule has 1 aromatic heterocycles. The topological polar surface area (TPSA) is 31.4 Å². The lowest BCUT2D eigenvalue weighted by Crippen LogP contribution is -2.54. The van der Waals surface area contributed by atoms with Crippen LogP contribution in [0.25, 0.3) is 0 Å². The third kappa shape index (κ3) is 3.07. The molecule has 0 bridgehead atoms. The van der Waals surface area contributed by atoms with Crippen LogP contribution in [-0.2, 0) is 6.54 Å². The van der Waals surface area contributed by atoms with Crippen LogP contribution in [0, 0.1) is 0 Å². The molecule has 1 unspecified atom stereocenters. The standard InChI is InChI=1S/C15H24N4/c1-16-15-7-4-5-13(17-15)11-18-9-10-19-8-3-2-6-14(19)12-18/h4-5,7,14H,2-3,6,8-12H2,1H3,(H,16,17). The zero-order chi connectivity index (χ0) is 13.1. The van der Waals surface area contributed by atoms with Gasteiger partial charge in [0.15, 0.2) is 0 Å². The van der Waals surface area contributed by atoms with Crippen molar-refractivity contribution in [1.82, 2.24) is 14.8 Å². The van der Waals surface area contributed by atoms with Gasteiger partial charge in [0.05, 0.1) is 5.69 Å². The van der Waals surface area contributed by atoms with Crippen LogP contribution < -0.4 is 5.32 Å². The fourth-order valence-corrected chi connectivity index (χ4v) is 3.30. The summed E-state index contributed by atoms with van der Waals surface area (Å²) < 4.78 is 0. The van der Waals surface area contributed by atoms with Crippen molar-refractivity contribution < 1.29 is 0 Å². The Labute approximate surface area is 115 Å². The molecule has 0 saturated carbocycles. The summed E-state index contributed by atoms with van der Waals surface area (Å²) in [5.41, 5.74) is 1.18. The summed E-state index contributed by atoms with van der Waals surface area (Å²) >= 11 is 0. The molecule has 0 spiro atoms. The number of rotatable bonds is 3. The molecule has 4 heteroatoms. The van der Waals surface area contributed by atoms with Crippen molar-refractivity contribution in [2.24, 2.45) is 0 Å². The van der Waals surface area contributed by atoms with Crippen molar-refractivity contribution in [3.05, 3.63) is 23.9 Å². The molecular weight excluding hydrogens is 236 g/mol. The largest absolute Gasteiger partial charge is 0.373 e. The van der Waals surface area contributed by atoms with Gasteiger partial charge in [-0.25, -0.2) is 4.98 Å². The Kier molecular flexibility index (Phi) is 3.99. The first-order valence-corrected chi connectivity index (χ1v) is 7.45. The Morgan fingerprint density at radius 3 is 3.11 bits per heavy atom. The molecule has 1 aromatic rings. The quantitative estimate of drug-likeness (QED) is 0.898. The van der Waals surface area contributed by atoms with E-state index in [-0.39, 0.29) is 0 Å². The number of piperidine rings is 1. The number of anilines is 1. The lowest BCUT2D eigenvalue weighted by Gasteiger charge is -2.44. The highest BCUT2D eigenvalue weighted by Crippen LogP contribution is 2.22. The average molecular weight is 260 g/mol. The summed E-state index contributed by atoms with van der Waals surface area (Å²) in [5, 5.41) is 3.11. The molecule has 0 aliphatic carbocycles. The van der Waals surface area contributed by atoms with E-state index in [1.165, 1.54) is 51.1 Å². The molecule has 19 heavy (non-hydrogen) atoms. The maximum atomic E-state index is 4.62. The summed E-state index contributed by atoms with van der Waals surface area (Å²) in [6, 6.07) is 7.02. The lowest BCUT2D eigenvalue weighted by molar-refractivity contribution is 0.0451. The molecule has 2 aliphatic heterocycles. The Morgan fingerprint density at radius 1 is 1.26 bits per heavy atom. The summed E-state index contributed by atoms with van der Waals surface area (Å²) in [6.45, 7) is 5.93. The fraction of sp³-hybridized carbons (Fsp3) is 0.667. The molecule has 3 rings (SSSR count). The van der Waals surface area contributed by atoms with Crippen molar-refractivity contribution in [2.45, 2.75) is 31.8 Å². The molecule has 4 nitrogen and oxygen atoms in total. The van der Waals surface area contributed by atoms with Crippen molar-refractivity contribution >= 4 is 5.82 Å². The van der Waals surface area contributed by atoms with Crippen molar-refractivity contribution in [3.63, 3.8) is 0 Å². The van der Waals surface area contributed by atoms with E-state index in [0.29, 0.717) is 0 Å². The van der Waals surface area contributed by atoms with Gasteiger partial charge >= 0.3 is 0 Å². The SMILES string of the molecule is CNc1cccc(CN2CCN3CCCCC3C2)n1. The second-order valence-electron chi connectivity index (χ2n) is 5.68. The van der Waals surface area contributed by atoms with E-state index in [0.717, 1.165) is 18.4 Å². The first-order valence-electron chi connectivity index (χ1n) is 7.45. The molecule has 0 aromatic carbocycles. The maximum Gasteiger partial charge on any atom is 0.126 e. The van der Waals surface area contributed by atoms with E-state index in [1.807, 2.05) is 13.1 Å². The number of nitrogens with one attached hydrogen (secondary N) is 1. The smallest absolute Gasteiger partial charge is 0.126 e. The van der Waals surface area contributed by atoms with Gasteiger partial charge in [0, 0.05) is 39.3 Å². The van der Waals surface area contributed by atoms with Gasteiger partial charge in [0.1, 0.15) is 5.82 Å². The van der Waals surface area contributed by atoms with Crippen LogP contribution in [0.1, 0.15) is 25.0 Å². The number of fused-ring (bicyclic) bond motifs is 1. The minimum absolute atomic E-state index is 0.787. The van der Waals surface area contributed by atoms with Crippen molar-refractivity contribution in [1.29, 1.82) is 0 Å². The Bertz CT molecular complexity index is 420. The van der Waals surface area contributed by atoms with Gasteiger partial charge in [-0.1, -0.05) is 12.5 Å². The first-order chi connectivity index (χ1) is 9.35. The summed E-state index contributed by atoms with van der Waals surface area (Å²) in [6.07, 6.45) is 4.17. The number of piperazine rings is 1. The highest BCUT2D eigenvalue weighted by Gasteiger charge is 2.28. The maximum absolute atomic E-state index is 4.62. The van der Waals surface area contributed by atoms with E-state index >= 15 is 0 Å². The number of nitrogens with zero attached hydrogens (tertiary/aromatic N) is 3. The van der Waals surface area contributed by atoms with Crippen LogP contribution in [0.5, 0.6) is 0 Å². The zero-order valence-corrected chi connectivity index (χ0v) is 11.8. The molecule has 3 heterocycles. The molecule has 0 radical (unpaired) electrons. The molecule has 104 valence electrons. The van der Waals surface area contributed by atoms with Gasteiger partial charge in [-0.15, -0.1) is 0 Å². The van der Waals surface area contributed by atoms with Crippen LogP contribution in [0.3, 0.4) is 0 Å². The number of hydrogen-bond donors (Lipinski definition) is 1. The van der Waals surface area contributed by atoms with Gasteiger partial charge < -0.3 is 5.32 Å². The van der Waals surface area contributed by atoms with Crippen LogP contribution in [0.15, 0.2) is 18.2 Å². The van der Waals surface area contributed by atoms with Crippen LogP contribution in [0.4, 0.5) is 5.82 Å². The molecule has 2 fully saturated rings. The van der Waals surface area contributed by atoms with Crippen LogP contribution in [0.2, 0.25) is 0 Å². The normalized spacial score (nSPS) is 25.0. The monoisotopic (exact) mass is 260 g/mol. The van der Waals surface area contributed by atoms with Gasteiger partial charge in [0.25, 0.3) is 0 Å². The Morgan fingerprint density at radius 2 is 2.21 bits per heavy atom. The third-order valence-corrected chi connectivity index (χ3v) is 4.37.